The Morgan fingerprint density at radius 3 is 2.00 bits per heavy atom. The molecule has 0 unspecified atom stereocenters. The molecule has 2 aliphatic rings. The van der Waals surface area contributed by atoms with Crippen LogP contribution in [-0.4, -0.2) is 25.2 Å². The standard InChI is InChI=1S/C19H32O4/c1-2-3-13-22-18(20)16-11-7-8-12-17(16)19(21)23-14-15-9-5-4-6-10-15/h15-17H,2-14H2,1H3/t16-,17+/m0/s1. The van der Waals surface area contributed by atoms with Crippen LogP contribution < -0.4 is 0 Å². The molecule has 23 heavy (non-hydrogen) atoms. The molecule has 4 heteroatoms. The summed E-state index contributed by atoms with van der Waals surface area (Å²) in [5.74, 6) is -0.433. The first-order chi connectivity index (χ1) is 11.2. The fourth-order valence-corrected chi connectivity index (χ4v) is 3.78. The van der Waals surface area contributed by atoms with Gasteiger partial charge in [-0.25, -0.2) is 0 Å². The SMILES string of the molecule is CCCCOC(=O)[C@H]1CCCC[C@H]1C(=O)OCC1CCCCC1. The number of rotatable bonds is 7. The predicted octanol–water partition coefficient (Wildman–Crippen LogP) is 4.26. The minimum atomic E-state index is -0.292. The summed E-state index contributed by atoms with van der Waals surface area (Å²) >= 11 is 0. The van der Waals surface area contributed by atoms with E-state index in [4.69, 9.17) is 9.47 Å². The number of unbranched alkanes of at least 4 members (excludes halogenated alkanes) is 1. The molecule has 0 radical (unpaired) electrons. The van der Waals surface area contributed by atoms with Crippen LogP contribution in [0.1, 0.15) is 77.6 Å². The van der Waals surface area contributed by atoms with Crippen LogP contribution in [-0.2, 0) is 19.1 Å². The van der Waals surface area contributed by atoms with Crippen molar-refractivity contribution >= 4 is 11.9 Å². The van der Waals surface area contributed by atoms with Crippen molar-refractivity contribution in [2.45, 2.75) is 77.6 Å². The lowest BCUT2D eigenvalue weighted by Gasteiger charge is -2.29. The monoisotopic (exact) mass is 324 g/mol. The van der Waals surface area contributed by atoms with Gasteiger partial charge in [-0.05, 0) is 38.0 Å². The molecule has 2 saturated carbocycles. The third-order valence-electron chi connectivity index (χ3n) is 5.30. The van der Waals surface area contributed by atoms with E-state index >= 15 is 0 Å². The van der Waals surface area contributed by atoms with Gasteiger partial charge in [-0.15, -0.1) is 0 Å². The zero-order valence-corrected chi connectivity index (χ0v) is 14.6. The predicted molar refractivity (Wildman–Crippen MR) is 88.8 cm³/mol. The Kier molecular flexibility index (Phi) is 7.90. The molecule has 2 atom stereocenters. The highest BCUT2D eigenvalue weighted by atomic mass is 16.5. The Bertz CT molecular complexity index is 374. The van der Waals surface area contributed by atoms with Crippen molar-refractivity contribution < 1.29 is 19.1 Å². The Morgan fingerprint density at radius 2 is 1.39 bits per heavy atom. The minimum absolute atomic E-state index is 0.173. The molecule has 0 bridgehead atoms. The average Bonchev–Trinajstić information content (AvgIpc) is 2.60. The van der Waals surface area contributed by atoms with Crippen LogP contribution >= 0.6 is 0 Å². The van der Waals surface area contributed by atoms with E-state index < -0.39 is 0 Å². The zero-order valence-electron chi connectivity index (χ0n) is 14.6. The Hall–Kier alpha value is -1.06. The maximum Gasteiger partial charge on any atom is 0.309 e. The minimum Gasteiger partial charge on any atom is -0.465 e. The molecule has 0 spiro atoms. The molecule has 0 heterocycles. The number of carbonyl (C=O) groups excluding carboxylic acids is 2. The van der Waals surface area contributed by atoms with E-state index in [0.29, 0.717) is 19.1 Å². The molecule has 0 aromatic rings. The van der Waals surface area contributed by atoms with Crippen molar-refractivity contribution in [3.8, 4) is 0 Å². The maximum atomic E-state index is 12.5. The van der Waals surface area contributed by atoms with E-state index in [1.807, 2.05) is 0 Å². The first-order valence-electron chi connectivity index (χ1n) is 9.55. The largest absolute Gasteiger partial charge is 0.465 e. The normalized spacial score (nSPS) is 25.8. The van der Waals surface area contributed by atoms with Gasteiger partial charge in [0, 0.05) is 0 Å². The summed E-state index contributed by atoms with van der Waals surface area (Å²) in [5.41, 5.74) is 0. The molecular weight excluding hydrogens is 292 g/mol. The van der Waals surface area contributed by atoms with E-state index in [9.17, 15) is 9.59 Å². The first-order valence-corrected chi connectivity index (χ1v) is 9.55. The van der Waals surface area contributed by atoms with Gasteiger partial charge in [0.05, 0.1) is 25.0 Å². The highest BCUT2D eigenvalue weighted by Crippen LogP contribution is 2.32. The van der Waals surface area contributed by atoms with Gasteiger partial charge in [0.15, 0.2) is 0 Å². The Labute approximate surface area is 140 Å². The van der Waals surface area contributed by atoms with Crippen molar-refractivity contribution in [1.82, 2.24) is 0 Å². The fraction of sp³-hybridized carbons (Fsp3) is 0.895. The molecule has 2 fully saturated rings. The highest BCUT2D eigenvalue weighted by molar-refractivity contribution is 5.82. The summed E-state index contributed by atoms with van der Waals surface area (Å²) in [6.07, 6.45) is 11.5. The number of carbonyl (C=O) groups is 2. The van der Waals surface area contributed by atoms with Crippen LogP contribution in [0.25, 0.3) is 0 Å². The highest BCUT2D eigenvalue weighted by Gasteiger charge is 2.38. The molecule has 0 N–H and O–H groups in total. The summed E-state index contributed by atoms with van der Waals surface area (Å²) in [7, 11) is 0. The molecule has 0 amide bonds. The lowest BCUT2D eigenvalue weighted by atomic mass is 9.79. The van der Waals surface area contributed by atoms with Gasteiger partial charge in [-0.2, -0.15) is 0 Å². The van der Waals surface area contributed by atoms with E-state index in [-0.39, 0.29) is 23.8 Å². The fourth-order valence-electron chi connectivity index (χ4n) is 3.78. The lowest BCUT2D eigenvalue weighted by Crippen LogP contribution is -2.35. The third kappa shape index (κ3) is 5.82. The Morgan fingerprint density at radius 1 is 0.826 bits per heavy atom. The van der Waals surface area contributed by atoms with Crippen LogP contribution in [0.2, 0.25) is 0 Å². The molecule has 4 nitrogen and oxygen atoms in total. The van der Waals surface area contributed by atoms with E-state index in [2.05, 4.69) is 6.92 Å². The lowest BCUT2D eigenvalue weighted by molar-refractivity contribution is -0.163. The van der Waals surface area contributed by atoms with Crippen LogP contribution in [0, 0.1) is 17.8 Å². The molecule has 0 saturated heterocycles. The van der Waals surface area contributed by atoms with Gasteiger partial charge in [0.1, 0.15) is 0 Å². The van der Waals surface area contributed by atoms with E-state index in [1.165, 1.54) is 32.1 Å². The first kappa shape index (κ1) is 18.3. The number of hydrogen-bond donors (Lipinski definition) is 0. The van der Waals surface area contributed by atoms with E-state index in [0.717, 1.165) is 38.5 Å². The van der Waals surface area contributed by atoms with Gasteiger partial charge in [-0.1, -0.05) is 45.4 Å². The number of esters is 2. The summed E-state index contributed by atoms with van der Waals surface area (Å²) in [4.78, 5) is 24.7. The van der Waals surface area contributed by atoms with Crippen molar-refractivity contribution in [1.29, 1.82) is 0 Å². The second-order valence-corrected chi connectivity index (χ2v) is 7.15. The van der Waals surface area contributed by atoms with Gasteiger partial charge in [-0.3, -0.25) is 9.59 Å². The molecule has 0 aromatic carbocycles. The summed E-state index contributed by atoms with van der Waals surface area (Å²) in [5, 5.41) is 0. The number of hydrogen-bond acceptors (Lipinski definition) is 4. The summed E-state index contributed by atoms with van der Waals surface area (Å²) in [6.45, 7) is 3.07. The molecule has 0 aliphatic heterocycles. The van der Waals surface area contributed by atoms with Crippen molar-refractivity contribution in [3.05, 3.63) is 0 Å². The quantitative estimate of drug-likeness (QED) is 0.518. The molecule has 2 aliphatic carbocycles. The van der Waals surface area contributed by atoms with Crippen LogP contribution in [0.15, 0.2) is 0 Å². The van der Waals surface area contributed by atoms with E-state index in [1.54, 1.807) is 0 Å². The molecular formula is C19H32O4. The smallest absolute Gasteiger partial charge is 0.309 e. The van der Waals surface area contributed by atoms with Gasteiger partial charge in [0.25, 0.3) is 0 Å². The van der Waals surface area contributed by atoms with Gasteiger partial charge in [0.2, 0.25) is 0 Å². The van der Waals surface area contributed by atoms with Crippen molar-refractivity contribution in [2.24, 2.45) is 17.8 Å². The molecule has 132 valence electrons. The summed E-state index contributed by atoms with van der Waals surface area (Å²) in [6, 6.07) is 0. The van der Waals surface area contributed by atoms with Crippen LogP contribution in [0.4, 0.5) is 0 Å². The van der Waals surface area contributed by atoms with Crippen LogP contribution in [0.3, 0.4) is 0 Å². The third-order valence-corrected chi connectivity index (χ3v) is 5.30. The average molecular weight is 324 g/mol. The second kappa shape index (κ2) is 9.94. The van der Waals surface area contributed by atoms with Crippen molar-refractivity contribution in [2.75, 3.05) is 13.2 Å². The van der Waals surface area contributed by atoms with Crippen molar-refractivity contribution in [3.63, 3.8) is 0 Å². The molecule has 0 aromatic heterocycles. The van der Waals surface area contributed by atoms with Gasteiger partial charge < -0.3 is 9.47 Å². The zero-order chi connectivity index (χ0) is 16.5. The summed E-state index contributed by atoms with van der Waals surface area (Å²) < 4.78 is 10.9. The maximum absolute atomic E-state index is 12.5. The second-order valence-electron chi connectivity index (χ2n) is 7.15. The van der Waals surface area contributed by atoms with Crippen LogP contribution in [0.5, 0.6) is 0 Å². The molecule has 2 rings (SSSR count). The Balaban J connectivity index is 1.81. The topological polar surface area (TPSA) is 52.6 Å². The number of ether oxygens (including phenoxy) is 2. The van der Waals surface area contributed by atoms with Gasteiger partial charge >= 0.3 is 11.9 Å².